The molecule has 3 aromatic rings. The maximum absolute atomic E-state index is 10.9. The van der Waals surface area contributed by atoms with Crippen LogP contribution in [-0.4, -0.2) is 41.4 Å². The second kappa shape index (κ2) is 13.0. The summed E-state index contributed by atoms with van der Waals surface area (Å²) in [6.45, 7) is 4.84. The van der Waals surface area contributed by atoms with Crippen molar-refractivity contribution < 1.29 is 19.7 Å². The molecule has 2 N–H and O–H groups in total. The Kier molecular flexibility index (Phi) is 9.74. The van der Waals surface area contributed by atoms with Gasteiger partial charge in [0.05, 0.1) is 24.9 Å². The first-order chi connectivity index (χ1) is 17.5. The Morgan fingerprint density at radius 2 is 1.75 bits per heavy atom. The fourth-order valence-corrected chi connectivity index (χ4v) is 5.74. The van der Waals surface area contributed by atoms with Gasteiger partial charge in [0.2, 0.25) is 0 Å². The molecule has 4 rings (SSSR count). The standard InChI is InChI=1S/C30H35ClO4S/c1-3-34-25-9-4-22(5-10-25)16-24-17-23(8-13-28(24)31)30-20(2)29(33)18-26(35-30)19-36-27-11-6-21(7-12-27)14-15-32/h4-13,17,20,26,29-30,32-33H,3,14-16,18-19H2,1-2H3. The van der Waals surface area contributed by atoms with Gasteiger partial charge in [-0.25, -0.2) is 0 Å². The van der Waals surface area contributed by atoms with E-state index in [0.29, 0.717) is 25.9 Å². The molecule has 0 radical (unpaired) electrons. The number of hydrogen-bond donors (Lipinski definition) is 2. The molecule has 4 nitrogen and oxygen atoms in total. The topological polar surface area (TPSA) is 58.9 Å². The molecule has 1 fully saturated rings. The minimum atomic E-state index is -0.425. The van der Waals surface area contributed by atoms with Gasteiger partial charge in [0.1, 0.15) is 5.75 Å². The Bertz CT molecular complexity index is 1100. The summed E-state index contributed by atoms with van der Waals surface area (Å²) < 4.78 is 12.1. The van der Waals surface area contributed by atoms with E-state index >= 15 is 0 Å². The van der Waals surface area contributed by atoms with Crippen LogP contribution in [0.15, 0.2) is 71.6 Å². The van der Waals surface area contributed by atoms with E-state index in [1.54, 1.807) is 11.8 Å². The van der Waals surface area contributed by atoms with Crippen molar-refractivity contribution in [2.45, 2.75) is 56.3 Å². The highest BCUT2D eigenvalue weighted by Crippen LogP contribution is 2.39. The lowest BCUT2D eigenvalue weighted by Gasteiger charge is -2.38. The average Bonchev–Trinajstić information content (AvgIpc) is 2.88. The van der Waals surface area contributed by atoms with Crippen LogP contribution in [0.2, 0.25) is 5.02 Å². The van der Waals surface area contributed by atoms with E-state index in [9.17, 15) is 5.11 Å². The molecule has 0 saturated carbocycles. The third-order valence-electron chi connectivity index (χ3n) is 6.71. The van der Waals surface area contributed by atoms with Crippen molar-refractivity contribution in [1.82, 2.24) is 0 Å². The Morgan fingerprint density at radius 3 is 2.44 bits per heavy atom. The van der Waals surface area contributed by atoms with Crippen molar-refractivity contribution >= 4 is 23.4 Å². The van der Waals surface area contributed by atoms with Gasteiger partial charge in [0.25, 0.3) is 0 Å². The highest BCUT2D eigenvalue weighted by molar-refractivity contribution is 7.99. The first-order valence-corrected chi connectivity index (χ1v) is 14.0. The predicted octanol–water partition coefficient (Wildman–Crippen LogP) is 6.48. The third kappa shape index (κ3) is 7.05. The van der Waals surface area contributed by atoms with E-state index in [1.165, 1.54) is 0 Å². The highest BCUT2D eigenvalue weighted by atomic mass is 35.5. The van der Waals surface area contributed by atoms with E-state index in [1.807, 2.05) is 31.2 Å². The van der Waals surface area contributed by atoms with Crippen molar-refractivity contribution in [1.29, 1.82) is 0 Å². The van der Waals surface area contributed by atoms with Gasteiger partial charge in [-0.2, -0.15) is 0 Å². The van der Waals surface area contributed by atoms with Gasteiger partial charge in [-0.15, -0.1) is 11.8 Å². The van der Waals surface area contributed by atoms with E-state index in [2.05, 4.69) is 49.4 Å². The summed E-state index contributed by atoms with van der Waals surface area (Å²) in [5.41, 5.74) is 4.39. The van der Waals surface area contributed by atoms with Crippen LogP contribution in [-0.2, 0) is 17.6 Å². The van der Waals surface area contributed by atoms with Crippen LogP contribution < -0.4 is 4.74 Å². The predicted molar refractivity (Wildman–Crippen MR) is 147 cm³/mol. The lowest BCUT2D eigenvalue weighted by molar-refractivity contribution is -0.124. The number of halogens is 1. The van der Waals surface area contributed by atoms with Crippen LogP contribution in [0.5, 0.6) is 5.75 Å². The molecule has 1 heterocycles. The molecular formula is C30H35ClO4S. The molecule has 0 aliphatic carbocycles. The molecule has 1 aliphatic rings. The second-order valence-electron chi connectivity index (χ2n) is 9.37. The Hall–Kier alpha value is -2.02. The van der Waals surface area contributed by atoms with Crippen molar-refractivity contribution in [3.63, 3.8) is 0 Å². The summed E-state index contributed by atoms with van der Waals surface area (Å²) >= 11 is 8.31. The van der Waals surface area contributed by atoms with Gasteiger partial charge in [-0.05, 0) is 72.4 Å². The number of ether oxygens (including phenoxy) is 2. The molecule has 1 aliphatic heterocycles. The van der Waals surface area contributed by atoms with Gasteiger partial charge >= 0.3 is 0 Å². The number of aliphatic hydroxyl groups excluding tert-OH is 2. The molecule has 4 atom stereocenters. The normalized spacial score (nSPS) is 21.9. The van der Waals surface area contributed by atoms with Crippen molar-refractivity contribution in [2.24, 2.45) is 5.92 Å². The number of thioether (sulfide) groups is 1. The second-order valence-corrected chi connectivity index (χ2v) is 10.9. The SMILES string of the molecule is CCOc1ccc(Cc2cc(C3OC(CSc4ccc(CCO)cc4)CC(O)C3C)ccc2Cl)cc1. The maximum atomic E-state index is 10.9. The van der Waals surface area contributed by atoms with Crippen molar-refractivity contribution in [3.05, 3.63) is 94.0 Å². The summed E-state index contributed by atoms with van der Waals surface area (Å²) in [6.07, 6.45) is 1.35. The minimum Gasteiger partial charge on any atom is -0.494 e. The van der Waals surface area contributed by atoms with Crippen molar-refractivity contribution in [3.8, 4) is 5.75 Å². The molecule has 192 valence electrons. The molecule has 1 saturated heterocycles. The van der Waals surface area contributed by atoms with Crippen LogP contribution in [0.3, 0.4) is 0 Å². The van der Waals surface area contributed by atoms with Crippen LogP contribution in [0.4, 0.5) is 0 Å². The van der Waals surface area contributed by atoms with Gasteiger partial charge in [-0.3, -0.25) is 0 Å². The van der Waals surface area contributed by atoms with Crippen LogP contribution in [0.1, 0.15) is 48.6 Å². The molecule has 4 unspecified atom stereocenters. The van der Waals surface area contributed by atoms with Crippen LogP contribution in [0.25, 0.3) is 0 Å². The third-order valence-corrected chi connectivity index (χ3v) is 8.23. The molecule has 3 aromatic carbocycles. The van der Waals surface area contributed by atoms with E-state index in [-0.39, 0.29) is 24.7 Å². The zero-order valence-corrected chi connectivity index (χ0v) is 22.5. The molecule has 0 aromatic heterocycles. The summed E-state index contributed by atoms with van der Waals surface area (Å²) in [5, 5.41) is 20.7. The monoisotopic (exact) mass is 526 g/mol. The molecule has 0 spiro atoms. The summed E-state index contributed by atoms with van der Waals surface area (Å²) in [6, 6.07) is 22.5. The quantitative estimate of drug-likeness (QED) is 0.296. The lowest BCUT2D eigenvalue weighted by atomic mass is 9.86. The number of aliphatic hydroxyl groups is 2. The number of rotatable bonds is 10. The largest absolute Gasteiger partial charge is 0.494 e. The molecule has 0 bridgehead atoms. The van der Waals surface area contributed by atoms with Crippen LogP contribution in [0, 0.1) is 5.92 Å². The summed E-state index contributed by atoms with van der Waals surface area (Å²) in [5.74, 6) is 1.62. The Morgan fingerprint density at radius 1 is 1.03 bits per heavy atom. The zero-order chi connectivity index (χ0) is 25.5. The van der Waals surface area contributed by atoms with Gasteiger partial charge in [-0.1, -0.05) is 54.9 Å². The fraction of sp³-hybridized carbons (Fsp3) is 0.400. The maximum Gasteiger partial charge on any atom is 0.119 e. The van der Waals surface area contributed by atoms with E-state index < -0.39 is 6.10 Å². The smallest absolute Gasteiger partial charge is 0.119 e. The summed E-state index contributed by atoms with van der Waals surface area (Å²) in [7, 11) is 0. The minimum absolute atomic E-state index is 0.0106. The molecule has 36 heavy (non-hydrogen) atoms. The fourth-order valence-electron chi connectivity index (χ4n) is 4.63. The Balaban J connectivity index is 1.44. The summed E-state index contributed by atoms with van der Waals surface area (Å²) in [4.78, 5) is 1.16. The molecular weight excluding hydrogens is 492 g/mol. The Labute approximate surface area is 223 Å². The first-order valence-electron chi connectivity index (χ1n) is 12.6. The lowest BCUT2D eigenvalue weighted by Crippen LogP contribution is -2.39. The van der Waals surface area contributed by atoms with Crippen LogP contribution >= 0.6 is 23.4 Å². The van der Waals surface area contributed by atoms with Gasteiger partial charge in [0, 0.05) is 34.6 Å². The van der Waals surface area contributed by atoms with Crippen molar-refractivity contribution in [2.75, 3.05) is 19.0 Å². The van der Waals surface area contributed by atoms with Gasteiger partial charge in [0.15, 0.2) is 0 Å². The molecule has 6 heteroatoms. The van der Waals surface area contributed by atoms with E-state index in [4.69, 9.17) is 26.2 Å². The number of benzene rings is 3. The average molecular weight is 527 g/mol. The number of hydrogen-bond acceptors (Lipinski definition) is 5. The zero-order valence-electron chi connectivity index (χ0n) is 20.9. The molecule has 0 amide bonds. The highest BCUT2D eigenvalue weighted by Gasteiger charge is 2.36. The van der Waals surface area contributed by atoms with E-state index in [0.717, 1.165) is 43.7 Å². The van der Waals surface area contributed by atoms with Gasteiger partial charge < -0.3 is 19.7 Å². The first kappa shape index (κ1) is 27.0.